The van der Waals surface area contributed by atoms with Gasteiger partial charge >= 0.3 is 0 Å². The van der Waals surface area contributed by atoms with E-state index in [-0.39, 0.29) is 5.02 Å². The van der Waals surface area contributed by atoms with Gasteiger partial charge in [0.2, 0.25) is 0 Å². The molecule has 0 spiro atoms. The molecule has 0 bridgehead atoms. The fraction of sp³-hybridized carbons (Fsp3) is 0.0769. The fourth-order valence-corrected chi connectivity index (χ4v) is 1.56. The lowest BCUT2D eigenvalue weighted by atomic mass is 10.2. The highest BCUT2D eigenvalue weighted by atomic mass is 35.5. The van der Waals surface area contributed by atoms with Crippen LogP contribution in [0.5, 0.6) is 11.5 Å². The minimum absolute atomic E-state index is 0.0736. The van der Waals surface area contributed by atoms with Gasteiger partial charge in [-0.25, -0.2) is 4.39 Å². The number of rotatable bonds is 3. The molecule has 0 aliphatic carbocycles. The van der Waals surface area contributed by atoms with E-state index >= 15 is 0 Å². The summed E-state index contributed by atoms with van der Waals surface area (Å²) >= 11 is 5.59. The summed E-state index contributed by atoms with van der Waals surface area (Å²) in [6.45, 7) is 0.367. The van der Waals surface area contributed by atoms with Crippen LogP contribution in [0.4, 0.5) is 4.39 Å². The quantitative estimate of drug-likeness (QED) is 0.902. The standard InChI is InChI=1S/C13H11ClFNO/c14-11-6-5-10(7-12(11)15)17-13-4-2-1-3-9(13)8-16/h1-7H,8,16H2. The molecule has 0 amide bonds. The highest BCUT2D eigenvalue weighted by Crippen LogP contribution is 2.27. The van der Waals surface area contributed by atoms with E-state index in [1.54, 1.807) is 12.1 Å². The number of benzene rings is 2. The fourth-order valence-electron chi connectivity index (χ4n) is 1.44. The minimum Gasteiger partial charge on any atom is -0.457 e. The van der Waals surface area contributed by atoms with Gasteiger partial charge in [-0.05, 0) is 18.2 Å². The highest BCUT2D eigenvalue weighted by molar-refractivity contribution is 6.30. The van der Waals surface area contributed by atoms with Gasteiger partial charge in [0, 0.05) is 18.2 Å². The smallest absolute Gasteiger partial charge is 0.145 e. The topological polar surface area (TPSA) is 35.2 Å². The lowest BCUT2D eigenvalue weighted by Crippen LogP contribution is -1.99. The van der Waals surface area contributed by atoms with Gasteiger partial charge < -0.3 is 10.5 Å². The highest BCUT2D eigenvalue weighted by Gasteiger charge is 2.05. The molecule has 88 valence electrons. The van der Waals surface area contributed by atoms with Crippen molar-refractivity contribution >= 4 is 11.6 Å². The van der Waals surface area contributed by atoms with Crippen molar-refractivity contribution < 1.29 is 9.13 Å². The minimum atomic E-state index is -0.505. The van der Waals surface area contributed by atoms with Crippen LogP contribution in [-0.2, 0) is 6.54 Å². The molecule has 0 heterocycles. The van der Waals surface area contributed by atoms with Gasteiger partial charge in [0.25, 0.3) is 0 Å². The summed E-state index contributed by atoms with van der Waals surface area (Å²) < 4.78 is 18.8. The average Bonchev–Trinajstić information content (AvgIpc) is 2.34. The molecule has 0 aliphatic rings. The molecule has 0 aromatic heterocycles. The molecule has 0 radical (unpaired) electrons. The third-order valence-electron chi connectivity index (χ3n) is 2.31. The molecule has 2 rings (SSSR count). The Morgan fingerprint density at radius 2 is 1.94 bits per heavy atom. The molecule has 2 N–H and O–H groups in total. The molecule has 0 unspecified atom stereocenters. The van der Waals surface area contributed by atoms with Crippen LogP contribution in [0.1, 0.15) is 5.56 Å². The van der Waals surface area contributed by atoms with E-state index in [0.717, 1.165) is 5.56 Å². The summed E-state index contributed by atoms with van der Waals surface area (Å²) in [6, 6.07) is 11.7. The van der Waals surface area contributed by atoms with Crippen LogP contribution in [0.3, 0.4) is 0 Å². The monoisotopic (exact) mass is 251 g/mol. The third-order valence-corrected chi connectivity index (χ3v) is 2.62. The van der Waals surface area contributed by atoms with Crippen LogP contribution in [-0.4, -0.2) is 0 Å². The largest absolute Gasteiger partial charge is 0.457 e. The molecular weight excluding hydrogens is 241 g/mol. The molecule has 0 atom stereocenters. The second-order valence-electron chi connectivity index (χ2n) is 3.49. The second kappa shape index (κ2) is 5.17. The van der Waals surface area contributed by atoms with E-state index in [0.29, 0.717) is 18.0 Å². The Kier molecular flexibility index (Phi) is 3.61. The van der Waals surface area contributed by atoms with Crippen LogP contribution in [0.15, 0.2) is 42.5 Å². The van der Waals surface area contributed by atoms with Crippen LogP contribution in [0, 0.1) is 5.82 Å². The van der Waals surface area contributed by atoms with Crippen molar-refractivity contribution in [2.75, 3.05) is 0 Å². The lowest BCUT2D eigenvalue weighted by Gasteiger charge is -2.09. The summed E-state index contributed by atoms with van der Waals surface area (Å²) in [6.07, 6.45) is 0. The molecular formula is C13H11ClFNO. The Morgan fingerprint density at radius 1 is 1.18 bits per heavy atom. The molecule has 4 heteroatoms. The summed E-state index contributed by atoms with van der Waals surface area (Å²) in [7, 11) is 0. The van der Waals surface area contributed by atoms with Crippen molar-refractivity contribution in [2.45, 2.75) is 6.54 Å². The van der Waals surface area contributed by atoms with Crippen molar-refractivity contribution in [2.24, 2.45) is 5.73 Å². The van der Waals surface area contributed by atoms with Crippen molar-refractivity contribution in [1.29, 1.82) is 0 Å². The van der Waals surface area contributed by atoms with Gasteiger partial charge in [0.1, 0.15) is 17.3 Å². The van der Waals surface area contributed by atoms with Gasteiger partial charge in [-0.2, -0.15) is 0 Å². The maximum atomic E-state index is 13.2. The van der Waals surface area contributed by atoms with Gasteiger partial charge in [0.05, 0.1) is 5.02 Å². The van der Waals surface area contributed by atoms with E-state index < -0.39 is 5.82 Å². The van der Waals surface area contributed by atoms with Crippen LogP contribution in [0.2, 0.25) is 5.02 Å². The van der Waals surface area contributed by atoms with E-state index in [1.165, 1.54) is 12.1 Å². The maximum absolute atomic E-state index is 13.2. The first-order valence-corrected chi connectivity index (χ1v) is 5.49. The summed E-state index contributed by atoms with van der Waals surface area (Å²) in [5.41, 5.74) is 6.45. The molecule has 2 aromatic carbocycles. The summed E-state index contributed by atoms with van der Waals surface area (Å²) in [5.74, 6) is 0.513. The van der Waals surface area contributed by atoms with Gasteiger partial charge in [-0.3, -0.25) is 0 Å². The molecule has 17 heavy (non-hydrogen) atoms. The maximum Gasteiger partial charge on any atom is 0.145 e. The van der Waals surface area contributed by atoms with Crippen molar-refractivity contribution in [3.63, 3.8) is 0 Å². The molecule has 0 saturated carbocycles. The van der Waals surface area contributed by atoms with Crippen molar-refractivity contribution in [3.05, 3.63) is 58.9 Å². The van der Waals surface area contributed by atoms with Crippen LogP contribution >= 0.6 is 11.6 Å². The first kappa shape index (κ1) is 11.9. The Balaban J connectivity index is 2.28. The van der Waals surface area contributed by atoms with Crippen molar-refractivity contribution in [3.8, 4) is 11.5 Å². The Morgan fingerprint density at radius 3 is 2.65 bits per heavy atom. The number of hydrogen-bond donors (Lipinski definition) is 1. The first-order chi connectivity index (χ1) is 8.20. The Hall–Kier alpha value is -1.58. The van der Waals surface area contributed by atoms with Gasteiger partial charge in [-0.1, -0.05) is 29.8 Å². The predicted octanol–water partition coefficient (Wildman–Crippen LogP) is 3.73. The molecule has 2 nitrogen and oxygen atoms in total. The lowest BCUT2D eigenvalue weighted by molar-refractivity contribution is 0.471. The summed E-state index contributed by atoms with van der Waals surface area (Å²) in [5, 5.41) is 0.0736. The van der Waals surface area contributed by atoms with Gasteiger partial charge in [-0.15, -0.1) is 0 Å². The SMILES string of the molecule is NCc1ccccc1Oc1ccc(Cl)c(F)c1. The zero-order valence-electron chi connectivity index (χ0n) is 8.99. The van der Waals surface area contributed by atoms with Crippen molar-refractivity contribution in [1.82, 2.24) is 0 Å². The first-order valence-electron chi connectivity index (χ1n) is 5.11. The predicted molar refractivity (Wildman–Crippen MR) is 65.8 cm³/mol. The van der Waals surface area contributed by atoms with Crippen LogP contribution < -0.4 is 10.5 Å². The zero-order chi connectivity index (χ0) is 12.3. The summed E-state index contributed by atoms with van der Waals surface area (Å²) in [4.78, 5) is 0. The third kappa shape index (κ3) is 2.75. The normalized spacial score (nSPS) is 10.3. The van der Waals surface area contributed by atoms with E-state index in [1.807, 2.05) is 18.2 Å². The van der Waals surface area contributed by atoms with Gasteiger partial charge in [0.15, 0.2) is 0 Å². The number of hydrogen-bond acceptors (Lipinski definition) is 2. The zero-order valence-corrected chi connectivity index (χ0v) is 9.75. The number of ether oxygens (including phenoxy) is 1. The molecule has 2 aromatic rings. The second-order valence-corrected chi connectivity index (χ2v) is 3.90. The molecule has 0 fully saturated rings. The average molecular weight is 252 g/mol. The van der Waals surface area contributed by atoms with E-state index in [4.69, 9.17) is 22.1 Å². The Bertz CT molecular complexity index is 531. The number of para-hydroxylation sites is 1. The number of nitrogens with two attached hydrogens (primary N) is 1. The number of halogens is 2. The molecule has 0 aliphatic heterocycles. The van der Waals surface area contributed by atoms with Crippen LogP contribution in [0.25, 0.3) is 0 Å². The van der Waals surface area contributed by atoms with E-state index in [2.05, 4.69) is 0 Å². The van der Waals surface area contributed by atoms with E-state index in [9.17, 15) is 4.39 Å². The molecule has 0 saturated heterocycles. The Labute approximate surface area is 104 Å².